The summed E-state index contributed by atoms with van der Waals surface area (Å²) in [5, 5.41) is 3.97. The van der Waals surface area contributed by atoms with Gasteiger partial charge in [0.15, 0.2) is 18.1 Å². The Morgan fingerprint density at radius 1 is 1.03 bits per heavy atom. The second-order valence-corrected chi connectivity index (χ2v) is 7.24. The molecule has 0 spiro atoms. The van der Waals surface area contributed by atoms with Crippen LogP contribution >= 0.6 is 0 Å². The summed E-state index contributed by atoms with van der Waals surface area (Å²) in [6, 6.07) is 12.0. The molecule has 172 valence electrons. The predicted molar refractivity (Wildman–Crippen MR) is 123 cm³/mol. The van der Waals surface area contributed by atoms with Gasteiger partial charge in [-0.15, -0.1) is 0 Å². The van der Waals surface area contributed by atoms with E-state index in [1.165, 1.54) is 18.5 Å². The molecule has 3 aromatic rings. The van der Waals surface area contributed by atoms with Crippen LogP contribution in [0.4, 0.5) is 0 Å². The van der Waals surface area contributed by atoms with Crippen LogP contribution in [0.15, 0.2) is 58.2 Å². The monoisotopic (exact) mass is 450 g/mol. The van der Waals surface area contributed by atoms with Crippen LogP contribution in [0.2, 0.25) is 0 Å². The Morgan fingerprint density at radius 3 is 2.55 bits per heavy atom. The maximum atomic E-state index is 12.1. The fourth-order valence-corrected chi connectivity index (χ4v) is 3.00. The molecule has 1 heterocycles. The number of esters is 1. The Bertz CT molecular complexity index is 1150. The predicted octanol–water partition coefficient (Wildman–Crippen LogP) is 4.35. The molecule has 0 saturated heterocycles. The lowest BCUT2D eigenvalue weighted by molar-refractivity contribution is -0.123. The van der Waals surface area contributed by atoms with E-state index >= 15 is 0 Å². The number of hydrogen-bond donors (Lipinski definition) is 1. The number of nitrogens with one attached hydrogen (secondary N) is 1. The molecule has 3 rings (SSSR count). The Hall–Kier alpha value is -4.07. The van der Waals surface area contributed by atoms with E-state index in [9.17, 15) is 9.59 Å². The highest BCUT2D eigenvalue weighted by atomic mass is 16.6. The van der Waals surface area contributed by atoms with Crippen molar-refractivity contribution in [3.63, 3.8) is 0 Å². The molecule has 0 atom stereocenters. The molecule has 0 aliphatic rings. The first-order valence-electron chi connectivity index (χ1n) is 10.4. The molecule has 0 aliphatic heterocycles. The number of hydrogen-bond acceptors (Lipinski definition) is 7. The first-order valence-corrected chi connectivity index (χ1v) is 10.4. The quantitative estimate of drug-likeness (QED) is 0.225. The molecule has 0 radical (unpaired) electrons. The third-order valence-corrected chi connectivity index (χ3v) is 4.82. The van der Waals surface area contributed by atoms with Gasteiger partial charge in [0, 0.05) is 0 Å². The molecule has 0 fully saturated rings. The Balaban J connectivity index is 1.60. The molecule has 0 aliphatic carbocycles. The number of amides is 1. The molecular formula is C25H26N2O6. The summed E-state index contributed by atoms with van der Waals surface area (Å²) in [6.45, 7) is 7.91. The van der Waals surface area contributed by atoms with Gasteiger partial charge in [0.1, 0.15) is 5.75 Å². The lowest BCUT2D eigenvalue weighted by Crippen LogP contribution is -2.25. The number of aryl methyl sites for hydroxylation is 2. The lowest BCUT2D eigenvalue weighted by atomic mass is 10.1. The van der Waals surface area contributed by atoms with Gasteiger partial charge in [-0.1, -0.05) is 12.1 Å². The zero-order valence-corrected chi connectivity index (χ0v) is 19.0. The minimum atomic E-state index is -0.631. The highest BCUT2D eigenvalue weighted by Crippen LogP contribution is 2.29. The van der Waals surface area contributed by atoms with Gasteiger partial charge in [-0.05, 0) is 80.3 Å². The minimum Gasteiger partial charge on any atom is -0.490 e. The molecule has 1 N–H and O–H groups in total. The fraction of sp³-hybridized carbons (Fsp3) is 0.240. The number of nitrogens with zero attached hydrogens (tertiary/aromatic N) is 1. The van der Waals surface area contributed by atoms with Crippen LogP contribution in [-0.2, 0) is 4.79 Å². The topological polar surface area (TPSA) is 99.4 Å². The Morgan fingerprint density at radius 2 is 1.82 bits per heavy atom. The van der Waals surface area contributed by atoms with Crippen molar-refractivity contribution in [2.45, 2.75) is 27.7 Å². The van der Waals surface area contributed by atoms with E-state index < -0.39 is 5.97 Å². The third kappa shape index (κ3) is 6.22. The fourth-order valence-electron chi connectivity index (χ4n) is 3.00. The number of carbonyl (C=O) groups excluding carboxylic acids is 2. The highest BCUT2D eigenvalue weighted by molar-refractivity contribution is 5.89. The van der Waals surface area contributed by atoms with Gasteiger partial charge >= 0.3 is 5.97 Å². The summed E-state index contributed by atoms with van der Waals surface area (Å²) in [6.07, 6.45) is 2.85. The van der Waals surface area contributed by atoms with Gasteiger partial charge < -0.3 is 18.6 Å². The maximum absolute atomic E-state index is 12.1. The standard InChI is InChI=1S/C25H26N2O6/c1-5-30-22-13-19(10-11-20(22)33-25(29)21-7-6-12-31-21)14-26-27-23(28)15-32-24-17(3)9-8-16(2)18(24)4/h6-14H,5,15H2,1-4H3,(H,27,28)/b26-14-. The molecular weight excluding hydrogens is 424 g/mol. The second kappa shape index (κ2) is 11.0. The van der Waals surface area contributed by atoms with E-state index in [-0.39, 0.29) is 24.0 Å². The van der Waals surface area contributed by atoms with Gasteiger partial charge in [-0.25, -0.2) is 10.2 Å². The van der Waals surface area contributed by atoms with Crippen molar-refractivity contribution < 1.29 is 28.2 Å². The van der Waals surface area contributed by atoms with Crippen LogP contribution in [-0.4, -0.2) is 31.3 Å². The zero-order chi connectivity index (χ0) is 23.8. The van der Waals surface area contributed by atoms with Gasteiger partial charge in [-0.3, -0.25) is 4.79 Å². The highest BCUT2D eigenvalue weighted by Gasteiger charge is 2.15. The number of carbonyl (C=O) groups is 2. The zero-order valence-electron chi connectivity index (χ0n) is 19.0. The van der Waals surface area contributed by atoms with Crippen molar-refractivity contribution in [2.75, 3.05) is 13.2 Å². The number of furan rings is 1. The van der Waals surface area contributed by atoms with Gasteiger partial charge in [0.25, 0.3) is 5.91 Å². The van der Waals surface area contributed by atoms with E-state index in [1.807, 2.05) is 39.8 Å². The van der Waals surface area contributed by atoms with E-state index in [1.54, 1.807) is 24.3 Å². The molecule has 0 unspecified atom stereocenters. The first-order chi connectivity index (χ1) is 15.9. The van der Waals surface area contributed by atoms with E-state index in [4.69, 9.17) is 18.6 Å². The van der Waals surface area contributed by atoms with Crippen molar-refractivity contribution in [1.82, 2.24) is 5.43 Å². The molecule has 2 aromatic carbocycles. The van der Waals surface area contributed by atoms with E-state index in [0.29, 0.717) is 23.7 Å². The van der Waals surface area contributed by atoms with Crippen molar-refractivity contribution in [3.8, 4) is 17.2 Å². The van der Waals surface area contributed by atoms with Crippen LogP contribution in [0, 0.1) is 20.8 Å². The van der Waals surface area contributed by atoms with Crippen LogP contribution in [0.3, 0.4) is 0 Å². The number of rotatable bonds is 9. The van der Waals surface area contributed by atoms with Crippen LogP contribution < -0.4 is 19.6 Å². The van der Waals surface area contributed by atoms with Crippen molar-refractivity contribution in [2.24, 2.45) is 5.10 Å². The van der Waals surface area contributed by atoms with Crippen molar-refractivity contribution >= 4 is 18.1 Å². The molecule has 1 aromatic heterocycles. The SMILES string of the molecule is CCOc1cc(/C=N\NC(=O)COc2c(C)ccc(C)c2C)ccc1OC(=O)c1ccco1. The molecule has 33 heavy (non-hydrogen) atoms. The molecule has 1 amide bonds. The van der Waals surface area contributed by atoms with Crippen LogP contribution in [0.1, 0.15) is 39.7 Å². The minimum absolute atomic E-state index is 0.0871. The van der Waals surface area contributed by atoms with Gasteiger partial charge in [0.05, 0.1) is 19.1 Å². The molecule has 8 heteroatoms. The normalized spacial score (nSPS) is 10.8. The molecule has 0 saturated carbocycles. The third-order valence-electron chi connectivity index (χ3n) is 4.82. The lowest BCUT2D eigenvalue weighted by Gasteiger charge is -2.13. The second-order valence-electron chi connectivity index (χ2n) is 7.24. The smallest absolute Gasteiger partial charge is 0.379 e. The summed E-state index contributed by atoms with van der Waals surface area (Å²) in [4.78, 5) is 24.3. The largest absolute Gasteiger partial charge is 0.490 e. The first kappa shape index (κ1) is 23.6. The number of hydrazone groups is 1. The van der Waals surface area contributed by atoms with Gasteiger partial charge in [-0.2, -0.15) is 5.10 Å². The van der Waals surface area contributed by atoms with Crippen molar-refractivity contribution in [1.29, 1.82) is 0 Å². The number of benzene rings is 2. The molecule has 0 bridgehead atoms. The van der Waals surface area contributed by atoms with E-state index in [2.05, 4.69) is 10.5 Å². The summed E-state index contributed by atoms with van der Waals surface area (Å²) >= 11 is 0. The maximum Gasteiger partial charge on any atom is 0.379 e. The van der Waals surface area contributed by atoms with E-state index in [0.717, 1.165) is 16.7 Å². The summed E-state index contributed by atoms with van der Waals surface area (Å²) < 4.78 is 21.7. The Labute approximate surface area is 192 Å². The average Bonchev–Trinajstić information content (AvgIpc) is 3.33. The summed E-state index contributed by atoms with van der Waals surface area (Å²) in [5.41, 5.74) is 6.14. The van der Waals surface area contributed by atoms with Crippen LogP contribution in [0.5, 0.6) is 17.2 Å². The van der Waals surface area contributed by atoms with Crippen molar-refractivity contribution in [3.05, 3.63) is 76.7 Å². The van der Waals surface area contributed by atoms with Crippen LogP contribution in [0.25, 0.3) is 0 Å². The number of ether oxygens (including phenoxy) is 3. The average molecular weight is 450 g/mol. The Kier molecular flexibility index (Phi) is 7.86. The molecule has 8 nitrogen and oxygen atoms in total. The van der Waals surface area contributed by atoms with Gasteiger partial charge in [0.2, 0.25) is 5.76 Å². The summed E-state index contributed by atoms with van der Waals surface area (Å²) in [7, 11) is 0. The summed E-state index contributed by atoms with van der Waals surface area (Å²) in [5.74, 6) is 0.381.